The van der Waals surface area contributed by atoms with Gasteiger partial charge in [0.1, 0.15) is 0 Å². The molecular weight excluding hydrogens is 251 g/mol. The minimum absolute atomic E-state index is 0.276. The van der Waals surface area contributed by atoms with Gasteiger partial charge in [0.25, 0.3) is 0 Å². The highest BCUT2D eigenvalue weighted by atomic mass is 19.4. The Morgan fingerprint density at radius 3 is 2.42 bits per heavy atom. The Hall–Kier alpha value is -1.03. The first-order valence-corrected chi connectivity index (χ1v) is 6.87. The number of halogens is 3. The molecule has 1 rings (SSSR count). The van der Waals surface area contributed by atoms with Gasteiger partial charge in [-0.15, -0.1) is 0 Å². The van der Waals surface area contributed by atoms with E-state index in [0.29, 0.717) is 11.6 Å². The SMILES string of the molecule is CCCCC(CC)NCc1ccccc1C(F)(F)F. The van der Waals surface area contributed by atoms with Crippen molar-refractivity contribution in [3.8, 4) is 0 Å². The summed E-state index contributed by atoms with van der Waals surface area (Å²) in [7, 11) is 0. The maximum atomic E-state index is 12.8. The summed E-state index contributed by atoms with van der Waals surface area (Å²) >= 11 is 0. The molecule has 0 aliphatic rings. The Kier molecular flexibility index (Phi) is 6.35. The molecule has 19 heavy (non-hydrogen) atoms. The van der Waals surface area contributed by atoms with E-state index in [1.54, 1.807) is 12.1 Å². The molecule has 0 fully saturated rings. The van der Waals surface area contributed by atoms with Crippen molar-refractivity contribution in [2.45, 2.75) is 58.3 Å². The smallest absolute Gasteiger partial charge is 0.310 e. The first kappa shape index (κ1) is 16.0. The predicted octanol–water partition coefficient (Wildman–Crippen LogP) is 4.76. The second-order valence-electron chi connectivity index (χ2n) is 4.78. The molecule has 0 aliphatic carbocycles. The molecule has 0 bridgehead atoms. The minimum atomic E-state index is -4.27. The van der Waals surface area contributed by atoms with E-state index >= 15 is 0 Å². The monoisotopic (exact) mass is 273 g/mol. The summed E-state index contributed by atoms with van der Waals surface area (Å²) in [6, 6.07) is 6.06. The number of hydrogen-bond donors (Lipinski definition) is 1. The number of benzene rings is 1. The van der Waals surface area contributed by atoms with Crippen LogP contribution in [0.4, 0.5) is 13.2 Å². The molecule has 4 heteroatoms. The Morgan fingerprint density at radius 2 is 1.84 bits per heavy atom. The third kappa shape index (κ3) is 5.23. The quantitative estimate of drug-likeness (QED) is 0.755. The molecule has 1 nitrogen and oxygen atoms in total. The average molecular weight is 273 g/mol. The van der Waals surface area contributed by atoms with Crippen LogP contribution in [-0.2, 0) is 12.7 Å². The summed E-state index contributed by atoms with van der Waals surface area (Å²) in [6.45, 7) is 4.45. The number of alkyl halides is 3. The minimum Gasteiger partial charge on any atom is -0.310 e. The molecule has 1 N–H and O–H groups in total. The lowest BCUT2D eigenvalue weighted by atomic mass is 10.0. The zero-order valence-corrected chi connectivity index (χ0v) is 11.6. The van der Waals surface area contributed by atoms with E-state index < -0.39 is 11.7 Å². The molecular formula is C15H22F3N. The van der Waals surface area contributed by atoms with Crippen LogP contribution < -0.4 is 5.32 Å². The van der Waals surface area contributed by atoms with Crippen LogP contribution in [0.25, 0.3) is 0 Å². The van der Waals surface area contributed by atoms with Crippen molar-refractivity contribution >= 4 is 0 Å². The van der Waals surface area contributed by atoms with Gasteiger partial charge in [-0.3, -0.25) is 0 Å². The standard InChI is InChI=1S/C15H22F3N/c1-3-5-9-13(4-2)19-11-12-8-6-7-10-14(12)15(16,17)18/h6-8,10,13,19H,3-5,9,11H2,1-2H3. The summed E-state index contributed by atoms with van der Waals surface area (Å²) in [5, 5.41) is 3.23. The van der Waals surface area contributed by atoms with Gasteiger partial charge in [-0.05, 0) is 24.5 Å². The molecule has 0 saturated carbocycles. The van der Waals surface area contributed by atoms with Crippen molar-refractivity contribution in [2.24, 2.45) is 0 Å². The second-order valence-corrected chi connectivity index (χ2v) is 4.78. The lowest BCUT2D eigenvalue weighted by Crippen LogP contribution is -2.28. The van der Waals surface area contributed by atoms with E-state index in [0.717, 1.165) is 31.7 Å². The van der Waals surface area contributed by atoms with E-state index in [1.807, 2.05) is 0 Å². The van der Waals surface area contributed by atoms with Gasteiger partial charge in [-0.25, -0.2) is 0 Å². The zero-order valence-electron chi connectivity index (χ0n) is 11.6. The summed E-state index contributed by atoms with van der Waals surface area (Å²) in [4.78, 5) is 0. The van der Waals surface area contributed by atoms with Crippen molar-refractivity contribution in [1.82, 2.24) is 5.32 Å². The molecule has 0 heterocycles. The van der Waals surface area contributed by atoms with Gasteiger partial charge in [-0.2, -0.15) is 13.2 Å². The molecule has 0 amide bonds. The Morgan fingerprint density at radius 1 is 1.16 bits per heavy atom. The van der Waals surface area contributed by atoms with Gasteiger partial charge in [0.05, 0.1) is 5.56 Å². The second kappa shape index (κ2) is 7.53. The van der Waals surface area contributed by atoms with Crippen LogP contribution in [0, 0.1) is 0 Å². The maximum Gasteiger partial charge on any atom is 0.416 e. The summed E-state index contributed by atoms with van der Waals surface area (Å²) in [5.74, 6) is 0. The topological polar surface area (TPSA) is 12.0 Å². The van der Waals surface area contributed by atoms with Crippen molar-refractivity contribution in [2.75, 3.05) is 0 Å². The van der Waals surface area contributed by atoms with Crippen molar-refractivity contribution in [3.63, 3.8) is 0 Å². The predicted molar refractivity (Wildman–Crippen MR) is 71.9 cm³/mol. The first-order valence-electron chi connectivity index (χ1n) is 6.87. The van der Waals surface area contributed by atoms with Crippen LogP contribution in [-0.4, -0.2) is 6.04 Å². The van der Waals surface area contributed by atoms with E-state index in [4.69, 9.17) is 0 Å². The maximum absolute atomic E-state index is 12.8. The molecule has 1 unspecified atom stereocenters. The third-order valence-electron chi connectivity index (χ3n) is 3.30. The van der Waals surface area contributed by atoms with Crippen molar-refractivity contribution < 1.29 is 13.2 Å². The molecule has 1 atom stereocenters. The highest BCUT2D eigenvalue weighted by molar-refractivity contribution is 5.29. The fraction of sp³-hybridized carbons (Fsp3) is 0.600. The Balaban J connectivity index is 2.66. The van der Waals surface area contributed by atoms with Gasteiger partial charge >= 0.3 is 6.18 Å². The van der Waals surface area contributed by atoms with E-state index in [2.05, 4.69) is 19.2 Å². The first-order chi connectivity index (χ1) is 8.99. The molecule has 0 spiro atoms. The van der Waals surface area contributed by atoms with Crippen molar-refractivity contribution in [1.29, 1.82) is 0 Å². The molecule has 1 aromatic rings. The summed E-state index contributed by atoms with van der Waals surface area (Å²) < 4.78 is 38.5. The van der Waals surface area contributed by atoms with Gasteiger partial charge in [-0.1, -0.05) is 44.9 Å². The van der Waals surface area contributed by atoms with E-state index in [9.17, 15) is 13.2 Å². The van der Waals surface area contributed by atoms with Crippen LogP contribution in [0.2, 0.25) is 0 Å². The largest absolute Gasteiger partial charge is 0.416 e. The van der Waals surface area contributed by atoms with Crippen LogP contribution in [0.1, 0.15) is 50.7 Å². The average Bonchev–Trinajstić information content (AvgIpc) is 2.38. The lowest BCUT2D eigenvalue weighted by Gasteiger charge is -2.19. The molecule has 0 saturated heterocycles. The number of unbranched alkanes of at least 4 members (excludes halogenated alkanes) is 1. The molecule has 1 aromatic carbocycles. The molecule has 0 aromatic heterocycles. The highest BCUT2D eigenvalue weighted by Gasteiger charge is 2.32. The highest BCUT2D eigenvalue weighted by Crippen LogP contribution is 2.31. The lowest BCUT2D eigenvalue weighted by molar-refractivity contribution is -0.138. The molecule has 0 radical (unpaired) electrons. The fourth-order valence-corrected chi connectivity index (χ4v) is 2.11. The third-order valence-corrected chi connectivity index (χ3v) is 3.30. The van der Waals surface area contributed by atoms with Crippen LogP contribution in [0.5, 0.6) is 0 Å². The molecule has 0 aliphatic heterocycles. The normalized spacial score (nSPS) is 13.5. The van der Waals surface area contributed by atoms with Crippen LogP contribution >= 0.6 is 0 Å². The van der Waals surface area contributed by atoms with Gasteiger partial charge < -0.3 is 5.32 Å². The van der Waals surface area contributed by atoms with Gasteiger partial charge in [0.15, 0.2) is 0 Å². The van der Waals surface area contributed by atoms with Gasteiger partial charge in [0.2, 0.25) is 0 Å². The Bertz CT molecular complexity index is 374. The molecule has 108 valence electrons. The Labute approximate surface area is 113 Å². The van der Waals surface area contributed by atoms with Crippen molar-refractivity contribution in [3.05, 3.63) is 35.4 Å². The number of rotatable bonds is 7. The van der Waals surface area contributed by atoms with Crippen LogP contribution in [0.3, 0.4) is 0 Å². The van der Waals surface area contributed by atoms with Gasteiger partial charge in [0, 0.05) is 12.6 Å². The number of hydrogen-bond acceptors (Lipinski definition) is 1. The zero-order chi connectivity index (χ0) is 14.3. The number of nitrogens with one attached hydrogen (secondary N) is 1. The summed E-state index contributed by atoms with van der Waals surface area (Å²) in [5.41, 5.74) is -0.210. The summed E-state index contributed by atoms with van der Waals surface area (Å²) in [6.07, 6.45) is -0.109. The van der Waals surface area contributed by atoms with Crippen LogP contribution in [0.15, 0.2) is 24.3 Å². The fourth-order valence-electron chi connectivity index (χ4n) is 2.11. The van der Waals surface area contributed by atoms with E-state index in [-0.39, 0.29) is 6.54 Å². The van der Waals surface area contributed by atoms with E-state index in [1.165, 1.54) is 6.07 Å².